The van der Waals surface area contributed by atoms with E-state index in [1.54, 1.807) is 0 Å². The molecule has 0 N–H and O–H groups in total. The van der Waals surface area contributed by atoms with E-state index >= 15 is 0 Å². The molecule has 5 heterocycles. The molecule has 0 saturated heterocycles. The second-order valence-electron chi connectivity index (χ2n) is 16.9. The first kappa shape index (κ1) is 30.7. The van der Waals surface area contributed by atoms with Gasteiger partial charge in [0.05, 0.1) is 5.69 Å². The summed E-state index contributed by atoms with van der Waals surface area (Å²) < 4.78 is 9.30. The normalized spacial score (nSPS) is 15.2. The second-order valence-corrected chi connectivity index (χ2v) is 18.0. The predicted octanol–water partition coefficient (Wildman–Crippen LogP) is 12.6. The maximum atomic E-state index is 6.67. The Morgan fingerprint density at radius 2 is 1.37 bits per heavy atom. The Kier molecular flexibility index (Phi) is 5.82. The van der Waals surface area contributed by atoms with Crippen molar-refractivity contribution in [3.05, 3.63) is 150 Å². The van der Waals surface area contributed by atoms with Crippen LogP contribution in [0.15, 0.2) is 138 Å². The predicted molar refractivity (Wildman–Crippen MR) is 231 cm³/mol. The SMILES string of the molecule is CC(C)(C)c1ccc(N2B3c4cccc5c4N(c4ccccc4C5(C)C)c4cc5sc6ccccc6c5c(c43)-c3cc4c(cc32)oc2ccccc24)cc1. The average Bonchev–Trinajstić information content (AvgIpc) is 3.74. The summed E-state index contributed by atoms with van der Waals surface area (Å²) in [6.07, 6.45) is 0. The van der Waals surface area contributed by atoms with Crippen LogP contribution in [0.4, 0.5) is 28.4 Å². The van der Waals surface area contributed by atoms with Gasteiger partial charge in [-0.1, -0.05) is 120 Å². The van der Waals surface area contributed by atoms with Gasteiger partial charge in [0, 0.05) is 70.7 Å². The molecular formula is C49H37BN2OS. The van der Waals surface area contributed by atoms with Crippen molar-refractivity contribution in [3.63, 3.8) is 0 Å². The molecule has 0 fully saturated rings. The van der Waals surface area contributed by atoms with E-state index in [1.807, 2.05) is 11.3 Å². The minimum absolute atomic E-state index is 0.0486. The van der Waals surface area contributed by atoms with Gasteiger partial charge in [0.25, 0.3) is 0 Å². The van der Waals surface area contributed by atoms with E-state index in [1.165, 1.54) is 87.4 Å². The maximum Gasteiger partial charge on any atom is 0.333 e. The number of hydrogen-bond acceptors (Lipinski definition) is 4. The molecule has 7 aromatic carbocycles. The van der Waals surface area contributed by atoms with E-state index in [0.717, 1.165) is 21.9 Å². The van der Waals surface area contributed by atoms with Gasteiger partial charge in [-0.3, -0.25) is 0 Å². The van der Waals surface area contributed by atoms with Crippen LogP contribution in [-0.4, -0.2) is 6.85 Å². The molecule has 5 heteroatoms. The summed E-state index contributed by atoms with van der Waals surface area (Å²) in [5.41, 5.74) is 17.3. The highest BCUT2D eigenvalue weighted by molar-refractivity contribution is 7.26. The molecule has 0 saturated carbocycles. The summed E-state index contributed by atoms with van der Waals surface area (Å²) in [6.45, 7) is 11.6. The number of benzene rings is 7. The third-order valence-electron chi connectivity index (χ3n) is 12.6. The van der Waals surface area contributed by atoms with Gasteiger partial charge in [0.1, 0.15) is 11.2 Å². The van der Waals surface area contributed by atoms with Gasteiger partial charge in [0.15, 0.2) is 0 Å². The van der Waals surface area contributed by atoms with Gasteiger partial charge >= 0.3 is 6.85 Å². The lowest BCUT2D eigenvalue weighted by molar-refractivity contribution is 0.590. The molecule has 0 radical (unpaired) electrons. The zero-order valence-electron chi connectivity index (χ0n) is 31.0. The van der Waals surface area contributed by atoms with Crippen molar-refractivity contribution >= 4 is 99.7 Å². The van der Waals surface area contributed by atoms with E-state index < -0.39 is 0 Å². The van der Waals surface area contributed by atoms with E-state index in [2.05, 4.69) is 178 Å². The van der Waals surface area contributed by atoms with Crippen LogP contribution in [-0.2, 0) is 10.8 Å². The molecule has 9 aromatic rings. The number of fused-ring (bicyclic) bond motifs is 13. The van der Waals surface area contributed by atoms with Crippen LogP contribution in [0.1, 0.15) is 51.3 Å². The van der Waals surface area contributed by atoms with Crippen LogP contribution < -0.4 is 20.6 Å². The molecule has 0 bridgehead atoms. The largest absolute Gasteiger partial charge is 0.456 e. The zero-order valence-corrected chi connectivity index (χ0v) is 31.8. The van der Waals surface area contributed by atoms with Crippen LogP contribution in [0.2, 0.25) is 0 Å². The van der Waals surface area contributed by atoms with Gasteiger partial charge in [-0.25, -0.2) is 0 Å². The standard InChI is InChI=1S/C49H37BN2OS/c1-48(2,3)28-21-23-29(24-22-28)52-38-26-41-32(30-13-6-10-19-40(30)53-41)25-33(38)45-44-31-14-7-11-20-42(31)54-43(44)27-39-46(45)50(52)36-17-12-16-35-47(36)51(39)37-18-9-8-15-34(37)49(35,4)5/h6-27H,1-5H3. The lowest BCUT2D eigenvalue weighted by Gasteiger charge is -2.50. The Bertz CT molecular complexity index is 3090. The fourth-order valence-electron chi connectivity index (χ4n) is 10.0. The van der Waals surface area contributed by atoms with Crippen LogP contribution in [0, 0.1) is 0 Å². The monoisotopic (exact) mass is 712 g/mol. The molecule has 0 amide bonds. The minimum atomic E-state index is -0.174. The molecule has 2 aromatic heterocycles. The Labute approximate surface area is 319 Å². The number of rotatable bonds is 1. The first-order valence-electron chi connectivity index (χ1n) is 19.0. The van der Waals surface area contributed by atoms with Crippen molar-refractivity contribution in [1.82, 2.24) is 0 Å². The fraction of sp³-hybridized carbons (Fsp3) is 0.143. The lowest BCUT2D eigenvalue weighted by Crippen LogP contribution is -2.62. The van der Waals surface area contributed by atoms with Crippen molar-refractivity contribution in [2.45, 2.75) is 45.4 Å². The Hall–Kier alpha value is -5.78. The molecule has 0 unspecified atom stereocenters. The summed E-state index contributed by atoms with van der Waals surface area (Å²) in [4.78, 5) is 5.24. The topological polar surface area (TPSA) is 19.6 Å². The summed E-state index contributed by atoms with van der Waals surface area (Å²) in [6, 6.07) is 50.2. The van der Waals surface area contributed by atoms with Gasteiger partial charge in [-0.15, -0.1) is 11.3 Å². The number of furan rings is 1. The highest BCUT2D eigenvalue weighted by Gasteiger charge is 2.50. The highest BCUT2D eigenvalue weighted by atomic mass is 32.1. The Morgan fingerprint density at radius 3 is 2.20 bits per heavy atom. The average molecular weight is 713 g/mol. The van der Waals surface area contributed by atoms with Crippen LogP contribution in [0.25, 0.3) is 53.2 Å². The van der Waals surface area contributed by atoms with Crippen LogP contribution >= 0.6 is 11.3 Å². The molecule has 258 valence electrons. The van der Waals surface area contributed by atoms with Gasteiger partial charge in [0.2, 0.25) is 0 Å². The summed E-state index contributed by atoms with van der Waals surface area (Å²) >= 11 is 1.91. The van der Waals surface area contributed by atoms with E-state index in [9.17, 15) is 0 Å². The number of thiophene rings is 1. The molecular weight excluding hydrogens is 675 g/mol. The van der Waals surface area contributed by atoms with Crippen molar-refractivity contribution in [3.8, 4) is 11.1 Å². The van der Waals surface area contributed by atoms with Crippen LogP contribution in [0.5, 0.6) is 0 Å². The molecule has 3 aliphatic heterocycles. The van der Waals surface area contributed by atoms with Crippen molar-refractivity contribution in [2.24, 2.45) is 0 Å². The molecule has 3 aliphatic rings. The minimum Gasteiger partial charge on any atom is -0.456 e. The van der Waals surface area contributed by atoms with Crippen molar-refractivity contribution in [2.75, 3.05) is 9.71 Å². The quantitative estimate of drug-likeness (QED) is 0.158. The molecule has 0 atom stereocenters. The van der Waals surface area contributed by atoms with E-state index in [-0.39, 0.29) is 17.7 Å². The fourth-order valence-corrected chi connectivity index (χ4v) is 11.2. The van der Waals surface area contributed by atoms with E-state index in [0.29, 0.717) is 0 Å². The van der Waals surface area contributed by atoms with Crippen molar-refractivity contribution < 1.29 is 4.42 Å². The number of anilines is 5. The van der Waals surface area contributed by atoms with Gasteiger partial charge in [-0.2, -0.15) is 0 Å². The molecule has 0 aliphatic carbocycles. The molecule has 0 spiro atoms. The molecule has 54 heavy (non-hydrogen) atoms. The number of nitrogens with zero attached hydrogens (tertiary/aromatic N) is 2. The number of hydrogen-bond donors (Lipinski definition) is 0. The highest BCUT2D eigenvalue weighted by Crippen LogP contribution is 2.57. The first-order valence-corrected chi connectivity index (χ1v) is 19.9. The smallest absolute Gasteiger partial charge is 0.333 e. The Balaban J connectivity index is 1.29. The molecule has 3 nitrogen and oxygen atoms in total. The van der Waals surface area contributed by atoms with Gasteiger partial charge < -0.3 is 14.1 Å². The zero-order chi connectivity index (χ0) is 36.2. The first-order chi connectivity index (χ1) is 26.2. The molecule has 12 rings (SSSR count). The summed E-state index contributed by atoms with van der Waals surface area (Å²) in [5, 5.41) is 4.97. The third kappa shape index (κ3) is 3.82. The Morgan fingerprint density at radius 1 is 0.630 bits per heavy atom. The third-order valence-corrected chi connectivity index (χ3v) is 13.7. The van der Waals surface area contributed by atoms with E-state index in [4.69, 9.17) is 4.42 Å². The van der Waals surface area contributed by atoms with Crippen molar-refractivity contribution in [1.29, 1.82) is 0 Å². The number of para-hydroxylation sites is 3. The summed E-state index contributed by atoms with van der Waals surface area (Å²) in [7, 11) is 0. The summed E-state index contributed by atoms with van der Waals surface area (Å²) in [5.74, 6) is 0. The second kappa shape index (κ2) is 10.2. The lowest BCUT2D eigenvalue weighted by atomic mass is 9.42. The maximum absolute atomic E-state index is 6.67. The van der Waals surface area contributed by atoms with Gasteiger partial charge in [-0.05, 0) is 81.1 Å². The van der Waals surface area contributed by atoms with Crippen LogP contribution in [0.3, 0.4) is 0 Å².